The first-order valence-corrected chi connectivity index (χ1v) is 16.3. The summed E-state index contributed by atoms with van der Waals surface area (Å²) in [7, 11) is 0. The fourth-order valence-electron chi connectivity index (χ4n) is 7.77. The molecule has 1 heterocycles. The summed E-state index contributed by atoms with van der Waals surface area (Å²) in [6.07, 6.45) is 5.02. The molecule has 1 aliphatic heterocycles. The topological polar surface area (TPSA) is 6.48 Å². The minimum absolute atomic E-state index is 0.0353. The molecule has 4 aromatic rings. The zero-order valence-electron chi connectivity index (χ0n) is 27.9. The number of hydrogen-bond acceptors (Lipinski definition) is 2. The first kappa shape index (κ1) is 29.5. The molecule has 0 aromatic heterocycles. The van der Waals surface area contributed by atoms with E-state index in [1.54, 1.807) is 0 Å². The molecule has 0 radical (unpaired) electrons. The maximum absolute atomic E-state index is 2.70. The normalized spacial score (nSPS) is 21.8. The van der Waals surface area contributed by atoms with E-state index >= 15 is 0 Å². The van der Waals surface area contributed by atoms with E-state index in [4.69, 9.17) is 0 Å². The summed E-state index contributed by atoms with van der Waals surface area (Å²) in [6, 6.07) is 34.7. The largest absolute Gasteiger partial charge is 0.334 e. The standard InChI is InChI=1S/C41H50N2/c1-29-26-34(28-35(27-29)43-37-15-11-10-14-36(37)40(8)24-12-13-25-41(40,43)9)42(32-20-16-30(17-21-32)38(2,3)4)33-22-18-31(19-23-33)39(5,6)7/h10-11,14-23,26-28H,12-13,24-25H2,1-9H3. The van der Waals surface area contributed by atoms with Crippen LogP contribution in [0.4, 0.5) is 28.4 Å². The van der Waals surface area contributed by atoms with Gasteiger partial charge in [-0.05, 0) is 108 Å². The van der Waals surface area contributed by atoms with Crippen molar-refractivity contribution in [3.05, 3.63) is 113 Å². The Bertz CT molecular complexity index is 1560. The minimum Gasteiger partial charge on any atom is -0.334 e. The third-order valence-corrected chi connectivity index (χ3v) is 10.6. The lowest BCUT2D eigenvalue weighted by Gasteiger charge is -2.50. The van der Waals surface area contributed by atoms with Gasteiger partial charge in [0.05, 0.1) is 5.54 Å². The Hall–Kier alpha value is -3.52. The molecule has 1 fully saturated rings. The highest BCUT2D eigenvalue weighted by Gasteiger charge is 2.57. The van der Waals surface area contributed by atoms with Crippen molar-refractivity contribution in [2.24, 2.45) is 0 Å². The molecule has 0 bridgehead atoms. The van der Waals surface area contributed by atoms with Gasteiger partial charge in [0.15, 0.2) is 0 Å². The number of fused-ring (bicyclic) bond motifs is 3. The first-order valence-electron chi connectivity index (χ1n) is 16.3. The average molecular weight is 571 g/mol. The quantitative estimate of drug-likeness (QED) is 0.241. The lowest BCUT2D eigenvalue weighted by molar-refractivity contribution is 0.195. The van der Waals surface area contributed by atoms with Gasteiger partial charge in [0.2, 0.25) is 0 Å². The van der Waals surface area contributed by atoms with Gasteiger partial charge in [-0.15, -0.1) is 0 Å². The molecule has 6 rings (SSSR count). The number of nitrogens with zero attached hydrogens (tertiary/aromatic N) is 2. The maximum Gasteiger partial charge on any atom is 0.0517 e. The van der Waals surface area contributed by atoms with Crippen molar-refractivity contribution in [1.82, 2.24) is 0 Å². The zero-order valence-corrected chi connectivity index (χ0v) is 27.9. The Kier molecular flexibility index (Phi) is 7.07. The molecule has 0 amide bonds. The van der Waals surface area contributed by atoms with Gasteiger partial charge < -0.3 is 9.80 Å². The summed E-state index contributed by atoms with van der Waals surface area (Å²) in [5, 5.41) is 0. The van der Waals surface area contributed by atoms with Crippen LogP contribution in [0.3, 0.4) is 0 Å². The monoisotopic (exact) mass is 570 g/mol. The molecule has 0 spiro atoms. The predicted octanol–water partition coefficient (Wildman–Crippen LogP) is 11.8. The molecule has 2 nitrogen and oxygen atoms in total. The molecule has 1 saturated carbocycles. The highest BCUT2D eigenvalue weighted by atomic mass is 15.3. The van der Waals surface area contributed by atoms with Gasteiger partial charge in [-0.1, -0.05) is 104 Å². The van der Waals surface area contributed by atoms with E-state index in [0.717, 1.165) is 0 Å². The van der Waals surface area contributed by atoms with Crippen LogP contribution in [0.25, 0.3) is 0 Å². The van der Waals surface area contributed by atoms with E-state index in [1.165, 1.54) is 76.4 Å². The maximum atomic E-state index is 2.70. The van der Waals surface area contributed by atoms with E-state index in [2.05, 4.69) is 163 Å². The first-order chi connectivity index (χ1) is 20.2. The van der Waals surface area contributed by atoms with E-state index in [-0.39, 0.29) is 21.8 Å². The van der Waals surface area contributed by atoms with Crippen LogP contribution in [0.5, 0.6) is 0 Å². The SMILES string of the molecule is Cc1cc(N(c2ccc(C(C)(C)C)cc2)c2ccc(C(C)(C)C)cc2)cc(N2c3ccccc3C3(C)CCCCC23C)c1. The third kappa shape index (κ3) is 4.97. The number of aryl methyl sites for hydroxylation is 1. The van der Waals surface area contributed by atoms with Gasteiger partial charge in [0.25, 0.3) is 0 Å². The van der Waals surface area contributed by atoms with Crippen LogP contribution >= 0.6 is 0 Å². The van der Waals surface area contributed by atoms with Crippen molar-refractivity contribution in [3.63, 3.8) is 0 Å². The molecule has 2 aliphatic rings. The molecular formula is C41H50N2. The Morgan fingerprint density at radius 3 is 1.72 bits per heavy atom. The minimum atomic E-state index is 0.0353. The fourth-order valence-corrected chi connectivity index (χ4v) is 7.77. The number of para-hydroxylation sites is 1. The van der Waals surface area contributed by atoms with Crippen molar-refractivity contribution in [2.75, 3.05) is 9.80 Å². The molecule has 0 saturated heterocycles. The summed E-state index contributed by atoms with van der Waals surface area (Å²) in [4.78, 5) is 5.14. The summed E-state index contributed by atoms with van der Waals surface area (Å²) in [5.41, 5.74) is 12.1. The average Bonchev–Trinajstić information content (AvgIpc) is 3.16. The highest BCUT2D eigenvalue weighted by Crippen LogP contribution is 2.61. The molecule has 2 unspecified atom stereocenters. The van der Waals surface area contributed by atoms with Crippen LogP contribution in [0.1, 0.15) is 103 Å². The molecule has 224 valence electrons. The van der Waals surface area contributed by atoms with Crippen LogP contribution in [0.2, 0.25) is 0 Å². The zero-order chi connectivity index (χ0) is 30.8. The Morgan fingerprint density at radius 2 is 1.16 bits per heavy atom. The van der Waals surface area contributed by atoms with Crippen LogP contribution in [0, 0.1) is 6.92 Å². The summed E-state index contributed by atoms with van der Waals surface area (Å²) in [5.74, 6) is 0. The number of hydrogen-bond donors (Lipinski definition) is 0. The lowest BCUT2D eigenvalue weighted by atomic mass is 9.61. The third-order valence-electron chi connectivity index (χ3n) is 10.6. The van der Waals surface area contributed by atoms with E-state index in [9.17, 15) is 0 Å². The summed E-state index contributed by atoms with van der Waals surface area (Å²) < 4.78 is 0. The van der Waals surface area contributed by atoms with Crippen LogP contribution in [-0.4, -0.2) is 5.54 Å². The lowest BCUT2D eigenvalue weighted by Crippen LogP contribution is -2.54. The highest BCUT2D eigenvalue weighted by molar-refractivity contribution is 5.83. The number of rotatable bonds is 4. The molecular weight excluding hydrogens is 520 g/mol. The smallest absolute Gasteiger partial charge is 0.0517 e. The Balaban J connectivity index is 1.52. The van der Waals surface area contributed by atoms with Gasteiger partial charge in [-0.3, -0.25) is 0 Å². The predicted molar refractivity (Wildman–Crippen MR) is 186 cm³/mol. The second-order valence-corrected chi connectivity index (χ2v) is 15.6. The van der Waals surface area contributed by atoms with E-state index < -0.39 is 0 Å². The molecule has 2 heteroatoms. The second kappa shape index (κ2) is 10.3. The summed E-state index contributed by atoms with van der Waals surface area (Å²) in [6.45, 7) is 21.0. The Labute approximate surface area is 260 Å². The van der Waals surface area contributed by atoms with Crippen LogP contribution in [0.15, 0.2) is 91.0 Å². The van der Waals surface area contributed by atoms with Crippen molar-refractivity contribution in [1.29, 1.82) is 0 Å². The van der Waals surface area contributed by atoms with Gasteiger partial charge in [0.1, 0.15) is 0 Å². The van der Waals surface area contributed by atoms with Crippen molar-refractivity contribution in [2.45, 2.75) is 110 Å². The van der Waals surface area contributed by atoms with Gasteiger partial charge in [-0.25, -0.2) is 0 Å². The fraction of sp³-hybridized carbons (Fsp3) is 0.415. The van der Waals surface area contributed by atoms with Crippen LogP contribution < -0.4 is 9.80 Å². The van der Waals surface area contributed by atoms with Crippen molar-refractivity contribution in [3.8, 4) is 0 Å². The van der Waals surface area contributed by atoms with Crippen LogP contribution in [-0.2, 0) is 16.2 Å². The number of benzene rings is 4. The molecule has 43 heavy (non-hydrogen) atoms. The van der Waals surface area contributed by atoms with E-state index in [1.807, 2.05) is 0 Å². The summed E-state index contributed by atoms with van der Waals surface area (Å²) >= 11 is 0. The second-order valence-electron chi connectivity index (χ2n) is 15.6. The Morgan fingerprint density at radius 1 is 0.628 bits per heavy atom. The molecule has 1 aliphatic carbocycles. The van der Waals surface area contributed by atoms with Gasteiger partial charge in [0, 0.05) is 33.9 Å². The van der Waals surface area contributed by atoms with E-state index in [0.29, 0.717) is 0 Å². The van der Waals surface area contributed by atoms with Gasteiger partial charge in [-0.2, -0.15) is 0 Å². The molecule has 4 aromatic carbocycles. The molecule has 2 atom stereocenters. The van der Waals surface area contributed by atoms with Crippen molar-refractivity contribution < 1.29 is 0 Å². The number of anilines is 5. The van der Waals surface area contributed by atoms with Crippen molar-refractivity contribution >= 4 is 28.4 Å². The molecule has 0 N–H and O–H groups in total. The van der Waals surface area contributed by atoms with Gasteiger partial charge >= 0.3 is 0 Å².